The molecular formula is C17H16N4O3S. The number of sulfonamides is 1. The second-order valence-electron chi connectivity index (χ2n) is 5.88. The number of nitrogens with zero attached hydrogens (tertiary/aromatic N) is 3. The molecule has 0 saturated carbocycles. The number of hydrogen-bond donors (Lipinski definition) is 1. The minimum absolute atomic E-state index is 0.136. The minimum Gasteiger partial charge on any atom is -0.362 e. The van der Waals surface area contributed by atoms with Crippen LogP contribution in [0.3, 0.4) is 0 Å². The summed E-state index contributed by atoms with van der Waals surface area (Å²) in [4.78, 5) is 6.66. The van der Waals surface area contributed by atoms with Crippen LogP contribution in [0.15, 0.2) is 57.9 Å². The fourth-order valence-corrected chi connectivity index (χ4v) is 3.54. The zero-order chi connectivity index (χ0) is 17.4. The highest BCUT2D eigenvalue weighted by molar-refractivity contribution is 7.89. The number of fused-ring (bicyclic) bond motifs is 1. The maximum Gasteiger partial charge on any atom is 0.246 e. The monoisotopic (exact) mass is 356 g/mol. The normalized spacial score (nSPS) is 13.9. The molecule has 0 bridgehead atoms. The second kappa shape index (κ2) is 5.98. The van der Waals surface area contributed by atoms with Crippen molar-refractivity contribution in [1.82, 2.24) is 10.1 Å². The summed E-state index contributed by atoms with van der Waals surface area (Å²) in [6.45, 7) is 1.23. The molecule has 0 aliphatic carbocycles. The van der Waals surface area contributed by atoms with Crippen LogP contribution in [-0.4, -0.2) is 25.1 Å². The molecule has 0 unspecified atom stereocenters. The van der Waals surface area contributed by atoms with Gasteiger partial charge in [-0.1, -0.05) is 35.5 Å². The molecule has 2 N–H and O–H groups in total. The number of rotatable bonds is 4. The molecule has 0 spiro atoms. The summed E-state index contributed by atoms with van der Waals surface area (Å²) >= 11 is 0. The Kier molecular flexibility index (Phi) is 3.78. The van der Waals surface area contributed by atoms with Crippen molar-refractivity contribution in [2.75, 3.05) is 11.4 Å². The van der Waals surface area contributed by atoms with E-state index in [2.05, 4.69) is 15.0 Å². The minimum atomic E-state index is -3.69. The van der Waals surface area contributed by atoms with Crippen molar-refractivity contribution in [3.8, 4) is 11.4 Å². The van der Waals surface area contributed by atoms with Crippen LogP contribution in [0, 0.1) is 0 Å². The summed E-state index contributed by atoms with van der Waals surface area (Å²) < 4.78 is 28.3. The predicted octanol–water partition coefficient (Wildman–Crippen LogP) is 1.95. The van der Waals surface area contributed by atoms with Gasteiger partial charge in [-0.05, 0) is 30.2 Å². The van der Waals surface area contributed by atoms with Crippen LogP contribution in [0.2, 0.25) is 0 Å². The van der Waals surface area contributed by atoms with Crippen LogP contribution in [0.5, 0.6) is 0 Å². The molecule has 1 aliphatic heterocycles. The maximum absolute atomic E-state index is 11.5. The van der Waals surface area contributed by atoms with E-state index in [9.17, 15) is 8.42 Å². The molecule has 0 atom stereocenters. The Morgan fingerprint density at radius 3 is 2.72 bits per heavy atom. The molecule has 3 aromatic rings. The number of anilines is 1. The van der Waals surface area contributed by atoms with Crippen molar-refractivity contribution in [3.05, 3.63) is 60.0 Å². The highest BCUT2D eigenvalue weighted by Gasteiger charge is 2.23. The summed E-state index contributed by atoms with van der Waals surface area (Å²) in [6.07, 6.45) is 0.748. The Morgan fingerprint density at radius 1 is 1.16 bits per heavy atom. The largest absolute Gasteiger partial charge is 0.362 e. The van der Waals surface area contributed by atoms with E-state index in [1.807, 2.05) is 30.3 Å². The number of primary sulfonamides is 1. The lowest BCUT2D eigenvalue weighted by Crippen LogP contribution is -2.20. The molecule has 0 saturated heterocycles. The summed E-state index contributed by atoms with van der Waals surface area (Å²) in [5.74, 6) is 1.07. The molecule has 1 aliphatic rings. The van der Waals surface area contributed by atoms with Crippen molar-refractivity contribution in [3.63, 3.8) is 0 Å². The van der Waals surface area contributed by atoms with Crippen molar-refractivity contribution in [2.45, 2.75) is 17.9 Å². The van der Waals surface area contributed by atoms with Gasteiger partial charge >= 0.3 is 0 Å². The smallest absolute Gasteiger partial charge is 0.246 e. The zero-order valence-electron chi connectivity index (χ0n) is 13.3. The molecule has 0 radical (unpaired) electrons. The molecule has 8 heteroatoms. The quantitative estimate of drug-likeness (QED) is 0.766. The van der Waals surface area contributed by atoms with Crippen LogP contribution in [0.4, 0.5) is 5.69 Å². The molecule has 128 valence electrons. The van der Waals surface area contributed by atoms with Crippen LogP contribution in [0.1, 0.15) is 11.5 Å². The van der Waals surface area contributed by atoms with Gasteiger partial charge in [0.15, 0.2) is 0 Å². The van der Waals surface area contributed by atoms with E-state index in [1.165, 1.54) is 6.07 Å². The fourth-order valence-electron chi connectivity index (χ4n) is 2.97. The summed E-state index contributed by atoms with van der Waals surface area (Å²) in [5.41, 5.74) is 2.82. The third-order valence-corrected chi connectivity index (χ3v) is 5.11. The molecule has 7 nitrogen and oxygen atoms in total. The van der Waals surface area contributed by atoms with E-state index in [0.717, 1.165) is 29.8 Å². The lowest BCUT2D eigenvalue weighted by molar-refractivity contribution is 0.377. The van der Waals surface area contributed by atoms with Gasteiger partial charge in [-0.3, -0.25) is 0 Å². The third-order valence-electron chi connectivity index (χ3n) is 4.20. The lowest BCUT2D eigenvalue weighted by Gasteiger charge is -2.16. The first-order chi connectivity index (χ1) is 12.0. The van der Waals surface area contributed by atoms with Crippen LogP contribution in [0.25, 0.3) is 11.4 Å². The number of nitrogens with two attached hydrogens (primary N) is 1. The first kappa shape index (κ1) is 15.8. The Labute approximate surface area is 145 Å². The molecule has 25 heavy (non-hydrogen) atoms. The van der Waals surface area contributed by atoms with Gasteiger partial charge < -0.3 is 9.42 Å². The average Bonchev–Trinajstić information content (AvgIpc) is 3.22. The first-order valence-corrected chi connectivity index (χ1v) is 9.34. The number of hydrogen-bond acceptors (Lipinski definition) is 6. The standard InChI is InChI=1S/C17H16N4O3S/c18-25(22,23)14-6-7-15-13(10-14)8-9-21(15)11-16-19-17(20-24-16)12-4-2-1-3-5-12/h1-7,10H,8-9,11H2,(H2,18,22,23). The summed E-state index contributed by atoms with van der Waals surface area (Å²) in [5, 5.41) is 9.21. The zero-order valence-corrected chi connectivity index (χ0v) is 14.1. The van der Waals surface area contributed by atoms with Gasteiger partial charge in [-0.2, -0.15) is 4.98 Å². The van der Waals surface area contributed by atoms with Gasteiger partial charge in [0.2, 0.25) is 21.7 Å². The number of benzene rings is 2. The van der Waals surface area contributed by atoms with Gasteiger partial charge in [0, 0.05) is 17.8 Å². The van der Waals surface area contributed by atoms with E-state index in [-0.39, 0.29) is 4.90 Å². The predicted molar refractivity (Wildman–Crippen MR) is 92.3 cm³/mol. The molecule has 2 heterocycles. The van der Waals surface area contributed by atoms with E-state index < -0.39 is 10.0 Å². The number of aromatic nitrogens is 2. The van der Waals surface area contributed by atoms with Crippen LogP contribution < -0.4 is 10.0 Å². The third kappa shape index (κ3) is 3.13. The molecular weight excluding hydrogens is 340 g/mol. The Morgan fingerprint density at radius 2 is 1.96 bits per heavy atom. The summed E-state index contributed by atoms with van der Waals surface area (Å²) in [6, 6.07) is 14.6. The van der Waals surface area contributed by atoms with Gasteiger partial charge in [0.05, 0.1) is 11.4 Å². The molecule has 2 aromatic carbocycles. The van der Waals surface area contributed by atoms with Crippen molar-refractivity contribution in [1.29, 1.82) is 0 Å². The molecule has 4 rings (SSSR count). The highest BCUT2D eigenvalue weighted by Crippen LogP contribution is 2.31. The van der Waals surface area contributed by atoms with Crippen LogP contribution >= 0.6 is 0 Å². The SMILES string of the molecule is NS(=O)(=O)c1ccc2c(c1)CCN2Cc1nc(-c2ccccc2)no1. The average molecular weight is 356 g/mol. The van der Waals surface area contributed by atoms with Gasteiger partial charge in [-0.25, -0.2) is 13.6 Å². The van der Waals surface area contributed by atoms with E-state index >= 15 is 0 Å². The topological polar surface area (TPSA) is 102 Å². The van der Waals surface area contributed by atoms with Crippen molar-refractivity contribution < 1.29 is 12.9 Å². The van der Waals surface area contributed by atoms with Crippen LogP contribution in [-0.2, 0) is 23.0 Å². The Balaban J connectivity index is 1.55. The Bertz CT molecular complexity index is 1020. The molecule has 0 amide bonds. The highest BCUT2D eigenvalue weighted by atomic mass is 32.2. The van der Waals surface area contributed by atoms with Gasteiger partial charge in [-0.15, -0.1) is 0 Å². The fraction of sp³-hybridized carbons (Fsp3) is 0.176. The van der Waals surface area contributed by atoms with Gasteiger partial charge in [0.25, 0.3) is 0 Å². The maximum atomic E-state index is 11.5. The van der Waals surface area contributed by atoms with Gasteiger partial charge in [0.1, 0.15) is 0 Å². The second-order valence-corrected chi connectivity index (χ2v) is 7.45. The van der Waals surface area contributed by atoms with Crippen molar-refractivity contribution in [2.24, 2.45) is 5.14 Å². The lowest BCUT2D eigenvalue weighted by atomic mass is 10.2. The van der Waals surface area contributed by atoms with E-state index in [4.69, 9.17) is 9.66 Å². The van der Waals surface area contributed by atoms with Crippen molar-refractivity contribution >= 4 is 15.7 Å². The summed E-state index contributed by atoms with van der Waals surface area (Å²) in [7, 11) is -3.69. The molecule has 1 aromatic heterocycles. The first-order valence-electron chi connectivity index (χ1n) is 7.79. The molecule has 0 fully saturated rings. The van der Waals surface area contributed by atoms with E-state index in [0.29, 0.717) is 18.3 Å². The van der Waals surface area contributed by atoms with E-state index in [1.54, 1.807) is 12.1 Å². The Hall–Kier alpha value is -2.71.